The second-order valence-corrected chi connectivity index (χ2v) is 2.99. The van der Waals surface area contributed by atoms with Gasteiger partial charge in [-0.1, -0.05) is 0 Å². The van der Waals surface area contributed by atoms with Gasteiger partial charge < -0.3 is 16.0 Å². The number of aromatic nitrogens is 2. The Kier molecular flexibility index (Phi) is 3.59. The molecule has 1 aromatic heterocycles. The maximum absolute atomic E-state index is 12.1. The highest BCUT2D eigenvalue weighted by molar-refractivity contribution is 5.51. The van der Waals surface area contributed by atoms with E-state index >= 15 is 0 Å². The molecule has 0 radical (unpaired) electrons. The number of nitrogens with two attached hydrogens (primary N) is 1. The summed E-state index contributed by atoms with van der Waals surface area (Å²) in [5, 5.41) is 2.77. The van der Waals surface area contributed by atoms with E-state index in [0.717, 1.165) is 0 Å². The van der Waals surface area contributed by atoms with Crippen molar-refractivity contribution in [2.24, 2.45) is 0 Å². The van der Waals surface area contributed by atoms with Crippen LogP contribution in [0.4, 0.5) is 26.4 Å². The standard InChI is InChI=1S/C8H13F2N5/c1-12-6-3-7(14-8(11)13-6)15(2)4-5(9)10/h3,5H,4H2,1-2H3,(H3,11,12,13,14). The van der Waals surface area contributed by atoms with E-state index in [1.807, 2.05) is 0 Å². The summed E-state index contributed by atoms with van der Waals surface area (Å²) < 4.78 is 24.2. The normalized spacial score (nSPS) is 10.5. The lowest BCUT2D eigenvalue weighted by atomic mass is 10.4. The maximum Gasteiger partial charge on any atom is 0.255 e. The third kappa shape index (κ3) is 3.19. The van der Waals surface area contributed by atoms with E-state index in [1.54, 1.807) is 13.1 Å². The zero-order valence-corrected chi connectivity index (χ0v) is 8.54. The van der Waals surface area contributed by atoms with E-state index in [1.165, 1.54) is 11.9 Å². The van der Waals surface area contributed by atoms with Gasteiger partial charge in [0.05, 0.1) is 6.54 Å². The Morgan fingerprint density at radius 1 is 1.53 bits per heavy atom. The Morgan fingerprint density at radius 3 is 2.73 bits per heavy atom. The number of alkyl halides is 2. The van der Waals surface area contributed by atoms with Crippen LogP contribution < -0.4 is 16.0 Å². The molecule has 84 valence electrons. The van der Waals surface area contributed by atoms with Crippen molar-refractivity contribution in [1.29, 1.82) is 0 Å². The van der Waals surface area contributed by atoms with E-state index in [0.29, 0.717) is 11.6 Å². The van der Waals surface area contributed by atoms with E-state index in [2.05, 4.69) is 15.3 Å². The average molecular weight is 217 g/mol. The van der Waals surface area contributed by atoms with Crippen LogP contribution in [0.1, 0.15) is 0 Å². The van der Waals surface area contributed by atoms with Crippen molar-refractivity contribution < 1.29 is 8.78 Å². The molecular formula is C8H13F2N5. The molecule has 0 aliphatic carbocycles. The smallest absolute Gasteiger partial charge is 0.255 e. The van der Waals surface area contributed by atoms with Gasteiger partial charge in [0, 0.05) is 20.2 Å². The van der Waals surface area contributed by atoms with E-state index in [4.69, 9.17) is 5.73 Å². The second kappa shape index (κ2) is 4.72. The number of nitrogen functional groups attached to an aromatic ring is 1. The summed E-state index contributed by atoms with van der Waals surface area (Å²) in [5.41, 5.74) is 5.43. The van der Waals surface area contributed by atoms with Crippen molar-refractivity contribution in [2.45, 2.75) is 6.43 Å². The van der Waals surface area contributed by atoms with Crippen LogP contribution in [0.2, 0.25) is 0 Å². The van der Waals surface area contributed by atoms with E-state index in [-0.39, 0.29) is 12.5 Å². The topological polar surface area (TPSA) is 67.1 Å². The van der Waals surface area contributed by atoms with Crippen LogP contribution in [0.25, 0.3) is 0 Å². The van der Waals surface area contributed by atoms with Crippen molar-refractivity contribution in [3.8, 4) is 0 Å². The number of hydrogen-bond acceptors (Lipinski definition) is 5. The highest BCUT2D eigenvalue weighted by Crippen LogP contribution is 2.16. The van der Waals surface area contributed by atoms with Crippen LogP contribution in [0.3, 0.4) is 0 Å². The Balaban J connectivity index is 2.88. The summed E-state index contributed by atoms with van der Waals surface area (Å²) in [6.07, 6.45) is -2.41. The lowest BCUT2D eigenvalue weighted by Crippen LogP contribution is -2.25. The van der Waals surface area contributed by atoms with Gasteiger partial charge in [-0.25, -0.2) is 8.78 Å². The highest BCUT2D eigenvalue weighted by atomic mass is 19.3. The molecule has 1 heterocycles. The molecule has 0 unspecified atom stereocenters. The lowest BCUT2D eigenvalue weighted by Gasteiger charge is -2.18. The van der Waals surface area contributed by atoms with Crippen LogP contribution >= 0.6 is 0 Å². The molecule has 0 saturated heterocycles. The van der Waals surface area contributed by atoms with Crippen LogP contribution in [0.5, 0.6) is 0 Å². The van der Waals surface area contributed by atoms with Gasteiger partial charge in [0.15, 0.2) is 0 Å². The first-order valence-electron chi connectivity index (χ1n) is 4.34. The quantitative estimate of drug-likeness (QED) is 0.781. The summed E-state index contributed by atoms with van der Waals surface area (Å²) in [4.78, 5) is 9.03. The number of anilines is 3. The molecule has 0 aliphatic heterocycles. The molecule has 7 heteroatoms. The summed E-state index contributed by atoms with van der Waals surface area (Å²) in [6.45, 7) is -0.389. The third-order valence-electron chi connectivity index (χ3n) is 1.79. The molecule has 0 atom stereocenters. The largest absolute Gasteiger partial charge is 0.373 e. The minimum Gasteiger partial charge on any atom is -0.373 e. The summed E-state index contributed by atoms with van der Waals surface area (Å²) in [6, 6.07) is 1.55. The van der Waals surface area contributed by atoms with Crippen molar-refractivity contribution in [2.75, 3.05) is 36.6 Å². The Morgan fingerprint density at radius 2 is 2.20 bits per heavy atom. The Bertz CT molecular complexity index is 331. The first kappa shape index (κ1) is 11.4. The van der Waals surface area contributed by atoms with Crippen molar-refractivity contribution in [3.63, 3.8) is 0 Å². The monoisotopic (exact) mass is 217 g/mol. The molecule has 0 bridgehead atoms. The van der Waals surface area contributed by atoms with Crippen molar-refractivity contribution >= 4 is 17.6 Å². The fourth-order valence-corrected chi connectivity index (χ4v) is 1.08. The van der Waals surface area contributed by atoms with Crippen LogP contribution in [-0.4, -0.2) is 37.0 Å². The average Bonchev–Trinajstić information content (AvgIpc) is 2.15. The van der Waals surface area contributed by atoms with E-state index < -0.39 is 6.43 Å². The molecule has 0 spiro atoms. The second-order valence-electron chi connectivity index (χ2n) is 2.99. The van der Waals surface area contributed by atoms with Gasteiger partial charge in [0.1, 0.15) is 11.6 Å². The fraction of sp³-hybridized carbons (Fsp3) is 0.500. The highest BCUT2D eigenvalue weighted by Gasteiger charge is 2.11. The molecule has 15 heavy (non-hydrogen) atoms. The summed E-state index contributed by atoms with van der Waals surface area (Å²) >= 11 is 0. The van der Waals surface area contributed by atoms with Crippen LogP contribution in [0, 0.1) is 0 Å². The third-order valence-corrected chi connectivity index (χ3v) is 1.79. The minimum absolute atomic E-state index is 0.0537. The fourth-order valence-electron chi connectivity index (χ4n) is 1.08. The maximum atomic E-state index is 12.1. The number of rotatable bonds is 4. The zero-order valence-electron chi connectivity index (χ0n) is 8.54. The predicted octanol–water partition coefficient (Wildman–Crippen LogP) is 0.802. The SMILES string of the molecule is CNc1cc(N(C)CC(F)F)nc(N)n1. The Hall–Kier alpha value is -1.66. The van der Waals surface area contributed by atoms with Gasteiger partial charge in [0.25, 0.3) is 6.43 Å². The van der Waals surface area contributed by atoms with Gasteiger partial charge in [-0.2, -0.15) is 9.97 Å². The molecular weight excluding hydrogens is 204 g/mol. The molecule has 0 aromatic carbocycles. The van der Waals surface area contributed by atoms with Gasteiger partial charge >= 0.3 is 0 Å². The molecule has 1 aromatic rings. The zero-order chi connectivity index (χ0) is 11.4. The number of nitrogens with one attached hydrogen (secondary N) is 1. The van der Waals surface area contributed by atoms with Crippen molar-refractivity contribution in [1.82, 2.24) is 9.97 Å². The number of nitrogens with zero attached hydrogens (tertiary/aromatic N) is 3. The first-order chi connectivity index (χ1) is 7.02. The van der Waals surface area contributed by atoms with Crippen LogP contribution in [-0.2, 0) is 0 Å². The molecule has 0 amide bonds. The van der Waals surface area contributed by atoms with E-state index in [9.17, 15) is 8.78 Å². The first-order valence-corrected chi connectivity index (χ1v) is 4.34. The molecule has 0 saturated carbocycles. The predicted molar refractivity (Wildman–Crippen MR) is 55.3 cm³/mol. The van der Waals surface area contributed by atoms with Gasteiger partial charge in [0.2, 0.25) is 5.95 Å². The Labute approximate surface area is 86.3 Å². The van der Waals surface area contributed by atoms with Gasteiger partial charge in [-0.05, 0) is 0 Å². The molecule has 0 fully saturated rings. The molecule has 0 aliphatic rings. The van der Waals surface area contributed by atoms with Gasteiger partial charge in [-0.3, -0.25) is 0 Å². The summed E-state index contributed by atoms with van der Waals surface area (Å²) in [5.74, 6) is 0.920. The minimum atomic E-state index is -2.41. The van der Waals surface area contributed by atoms with Gasteiger partial charge in [-0.15, -0.1) is 0 Å². The molecule has 5 nitrogen and oxygen atoms in total. The summed E-state index contributed by atoms with van der Waals surface area (Å²) in [7, 11) is 3.19. The number of halogens is 2. The number of hydrogen-bond donors (Lipinski definition) is 2. The molecule has 1 rings (SSSR count). The van der Waals surface area contributed by atoms with Crippen LogP contribution in [0.15, 0.2) is 6.07 Å². The lowest BCUT2D eigenvalue weighted by molar-refractivity contribution is 0.156. The van der Waals surface area contributed by atoms with Crippen molar-refractivity contribution in [3.05, 3.63) is 6.07 Å². The molecule has 3 N–H and O–H groups in total.